The van der Waals surface area contributed by atoms with Gasteiger partial charge in [0.15, 0.2) is 0 Å². The largest absolute Gasteiger partial charge is 0.490 e. The van der Waals surface area contributed by atoms with Crippen molar-refractivity contribution in [3.63, 3.8) is 0 Å². The van der Waals surface area contributed by atoms with Crippen molar-refractivity contribution in [3.8, 4) is 5.75 Å². The van der Waals surface area contributed by atoms with Gasteiger partial charge >= 0.3 is 6.18 Å². The number of nitrogens with one attached hydrogen (secondary N) is 1. The van der Waals surface area contributed by atoms with E-state index in [1.807, 2.05) is 24.3 Å². The summed E-state index contributed by atoms with van der Waals surface area (Å²) in [6.07, 6.45) is 0.790. The number of allylic oxidation sites excluding steroid dienone is 1. The molecule has 2 heterocycles. The molecule has 49 heavy (non-hydrogen) atoms. The third-order valence-corrected chi connectivity index (χ3v) is 12.1. The molecule has 0 saturated carbocycles. The van der Waals surface area contributed by atoms with E-state index in [9.17, 15) is 27.0 Å². The van der Waals surface area contributed by atoms with Crippen molar-refractivity contribution in [2.75, 3.05) is 37.5 Å². The molecule has 1 spiro atoms. The number of amides is 2. The monoisotopic (exact) mass is 723 g/mol. The summed E-state index contributed by atoms with van der Waals surface area (Å²) < 4.78 is 70.8. The second-order valence-electron chi connectivity index (χ2n) is 13.6. The van der Waals surface area contributed by atoms with Crippen molar-refractivity contribution in [1.29, 1.82) is 0 Å². The van der Waals surface area contributed by atoms with Crippen molar-refractivity contribution in [2.45, 2.75) is 82.9 Å². The molecule has 268 valence electrons. The van der Waals surface area contributed by atoms with Crippen LogP contribution >= 0.6 is 11.6 Å². The first-order valence-electron chi connectivity index (χ1n) is 16.9. The Bertz CT molecular complexity index is 1690. The number of carbonyl (C=O) groups excluding carboxylic acids is 2. The van der Waals surface area contributed by atoms with Crippen LogP contribution in [0, 0.1) is 11.8 Å². The Morgan fingerprint density at radius 2 is 2.00 bits per heavy atom. The van der Waals surface area contributed by atoms with Crippen LogP contribution in [0.5, 0.6) is 5.75 Å². The van der Waals surface area contributed by atoms with Crippen LogP contribution in [-0.2, 0) is 31.3 Å². The molecule has 8 nitrogen and oxygen atoms in total. The molecule has 1 aliphatic carbocycles. The number of hydrogen-bond acceptors (Lipinski definition) is 6. The van der Waals surface area contributed by atoms with Crippen LogP contribution in [0.2, 0.25) is 5.02 Å². The molecule has 1 unspecified atom stereocenters. The van der Waals surface area contributed by atoms with Crippen LogP contribution in [-0.4, -0.2) is 60.9 Å². The summed E-state index contributed by atoms with van der Waals surface area (Å²) in [7, 11) is -1.98. The Balaban J connectivity index is 1.54. The van der Waals surface area contributed by atoms with Gasteiger partial charge in [-0.15, -0.1) is 4.36 Å². The highest BCUT2D eigenvalue weighted by atomic mass is 35.5. The molecule has 2 bridgehead atoms. The first kappa shape index (κ1) is 37.2. The van der Waals surface area contributed by atoms with Gasteiger partial charge in [-0.3, -0.25) is 14.3 Å². The Morgan fingerprint density at radius 1 is 1.20 bits per heavy atom. The molecule has 5 atom stereocenters. The summed E-state index contributed by atoms with van der Waals surface area (Å²) in [6.45, 7) is 6.03. The summed E-state index contributed by atoms with van der Waals surface area (Å²) in [4.78, 5) is 28.6. The number of anilines is 1. The number of aryl methyl sites for hydroxylation is 1. The van der Waals surface area contributed by atoms with Gasteiger partial charge in [0.25, 0.3) is 5.91 Å². The second kappa shape index (κ2) is 15.4. The highest BCUT2D eigenvalue weighted by Crippen LogP contribution is 2.45. The fraction of sp³-hybridized carbons (Fsp3) is 0.556. The number of benzene rings is 2. The predicted octanol–water partition coefficient (Wildman–Crippen LogP) is 7.82. The predicted molar refractivity (Wildman–Crippen MR) is 186 cm³/mol. The SMILES string of the molecule is CO[C@H]1/C=C\CCCS(=O)(NC(=O)CCCC(F)(F)F)=NC(=O)c2ccc3c(c2)N(C[C@H](C)[C@H]1C)C[C@@]1(CCCc2cc(Cl)ccc21)CO3. The van der Waals surface area contributed by atoms with E-state index in [4.69, 9.17) is 21.1 Å². The van der Waals surface area contributed by atoms with E-state index < -0.39 is 47.2 Å². The lowest BCUT2D eigenvalue weighted by atomic mass is 9.70. The second-order valence-corrected chi connectivity index (χ2v) is 16.1. The molecule has 3 aliphatic rings. The van der Waals surface area contributed by atoms with Crippen molar-refractivity contribution in [3.05, 3.63) is 70.3 Å². The molecule has 0 aromatic heterocycles. The third-order valence-electron chi connectivity index (χ3n) is 9.97. The molecule has 13 heteroatoms. The van der Waals surface area contributed by atoms with Gasteiger partial charge in [0.1, 0.15) is 15.7 Å². The number of methoxy groups -OCH3 is 1. The first-order chi connectivity index (χ1) is 23.2. The maximum absolute atomic E-state index is 14.0. The van der Waals surface area contributed by atoms with Gasteiger partial charge in [-0.2, -0.15) is 13.2 Å². The molecule has 2 aliphatic heterocycles. The van der Waals surface area contributed by atoms with Gasteiger partial charge in [-0.1, -0.05) is 43.7 Å². The number of nitrogens with zero attached hydrogens (tertiary/aromatic N) is 2. The van der Waals surface area contributed by atoms with Crippen LogP contribution in [0.4, 0.5) is 18.9 Å². The quantitative estimate of drug-likeness (QED) is 0.316. The summed E-state index contributed by atoms with van der Waals surface area (Å²) in [6, 6.07) is 11.1. The average molecular weight is 724 g/mol. The molecule has 0 saturated heterocycles. The number of fused-ring (bicyclic) bond motifs is 3. The topological polar surface area (TPSA) is 97.3 Å². The first-order valence-corrected chi connectivity index (χ1v) is 18.9. The number of halogens is 4. The maximum atomic E-state index is 14.0. The van der Waals surface area contributed by atoms with Crippen molar-refractivity contribution in [2.24, 2.45) is 16.2 Å². The molecule has 5 rings (SSSR count). The molecule has 2 aromatic carbocycles. The van der Waals surface area contributed by atoms with Gasteiger partial charge in [-0.25, -0.2) is 4.21 Å². The fourth-order valence-electron chi connectivity index (χ4n) is 7.16. The molecule has 2 aromatic rings. The van der Waals surface area contributed by atoms with Crippen molar-refractivity contribution >= 4 is 39.0 Å². The summed E-state index contributed by atoms with van der Waals surface area (Å²) in [5, 5.41) is 0.695. The normalized spacial score (nSPS) is 28.5. The van der Waals surface area contributed by atoms with Gasteiger partial charge in [0.2, 0.25) is 5.91 Å². The smallest absolute Gasteiger partial charge is 0.389 e. The minimum Gasteiger partial charge on any atom is -0.490 e. The lowest BCUT2D eigenvalue weighted by Crippen LogP contribution is -2.47. The maximum Gasteiger partial charge on any atom is 0.389 e. The summed E-state index contributed by atoms with van der Waals surface area (Å²) in [5.74, 6) is -0.909. The Labute approximate surface area is 292 Å². The van der Waals surface area contributed by atoms with E-state index in [0.717, 1.165) is 19.3 Å². The molecule has 2 amide bonds. The van der Waals surface area contributed by atoms with E-state index in [2.05, 4.69) is 33.9 Å². The fourth-order valence-corrected chi connectivity index (χ4v) is 8.99. The minimum atomic E-state index is -4.41. The van der Waals surface area contributed by atoms with Crippen LogP contribution in [0.3, 0.4) is 0 Å². The van der Waals surface area contributed by atoms with Gasteiger partial charge in [0.05, 0.1) is 24.2 Å². The van der Waals surface area contributed by atoms with Crippen LogP contribution in [0.1, 0.15) is 80.3 Å². The molecular formula is C36H45ClF3N3O5S. The summed E-state index contributed by atoms with van der Waals surface area (Å²) >= 11 is 6.40. The average Bonchev–Trinajstić information content (AvgIpc) is 3.18. The highest BCUT2D eigenvalue weighted by Gasteiger charge is 2.42. The third kappa shape index (κ3) is 9.18. The zero-order valence-electron chi connectivity index (χ0n) is 28.2. The lowest BCUT2D eigenvalue weighted by molar-refractivity contribution is -0.137. The van der Waals surface area contributed by atoms with Crippen molar-refractivity contribution in [1.82, 2.24) is 4.72 Å². The Hall–Kier alpha value is -3.09. The standard InChI is InChI=1S/C36H45ClF3N3O5S/c1-24-21-43-22-35(16-7-9-26-19-28(37)13-14-29(26)35)23-48-32-15-12-27(20-30(32)43)34(45)42-49(46,41-33(44)11-8-17-36(38,39)40)18-6-4-5-10-31(47-3)25(24)2/h5,10,12-15,19-20,24-25,31H,4,6-9,11,16-18,21-23H2,1-3H3,(H,41,42,44,45,46)/b10-5-/t24-,25+,31-,35-,49?/m0/s1. The van der Waals surface area contributed by atoms with E-state index in [0.29, 0.717) is 49.0 Å². The zero-order valence-corrected chi connectivity index (χ0v) is 29.8. The Kier molecular flexibility index (Phi) is 11.7. The number of ether oxygens (including phenoxy) is 2. The molecule has 0 fully saturated rings. The van der Waals surface area contributed by atoms with Gasteiger partial charge < -0.3 is 14.4 Å². The number of hydrogen-bond donors (Lipinski definition) is 1. The number of carbonyl (C=O) groups is 2. The number of rotatable bonds is 5. The van der Waals surface area contributed by atoms with E-state index in [1.165, 1.54) is 11.1 Å². The molecule has 0 radical (unpaired) electrons. The number of alkyl halides is 3. The van der Waals surface area contributed by atoms with E-state index >= 15 is 0 Å². The van der Waals surface area contributed by atoms with Crippen LogP contribution in [0.25, 0.3) is 0 Å². The van der Waals surface area contributed by atoms with Crippen LogP contribution in [0.15, 0.2) is 52.9 Å². The molecule has 1 N–H and O–H groups in total. The van der Waals surface area contributed by atoms with E-state index in [-0.39, 0.29) is 34.7 Å². The van der Waals surface area contributed by atoms with Gasteiger partial charge in [0, 0.05) is 49.0 Å². The zero-order chi connectivity index (χ0) is 35.4. The van der Waals surface area contributed by atoms with E-state index in [1.54, 1.807) is 25.3 Å². The molecular weight excluding hydrogens is 679 g/mol. The van der Waals surface area contributed by atoms with Gasteiger partial charge in [-0.05, 0) is 91.8 Å². The minimum absolute atomic E-state index is 0.107. The Morgan fingerprint density at radius 3 is 2.76 bits per heavy atom. The lowest BCUT2D eigenvalue weighted by Gasteiger charge is -2.42. The summed E-state index contributed by atoms with van der Waals surface area (Å²) in [5.41, 5.74) is 2.95. The van der Waals surface area contributed by atoms with Crippen LogP contribution < -0.4 is 14.4 Å². The van der Waals surface area contributed by atoms with Crippen molar-refractivity contribution < 1.29 is 36.4 Å². The highest BCUT2D eigenvalue weighted by molar-refractivity contribution is 7.92.